The van der Waals surface area contributed by atoms with Gasteiger partial charge in [0.2, 0.25) is 11.6 Å². The van der Waals surface area contributed by atoms with Crippen LogP contribution in [0.25, 0.3) is 17.1 Å². The maximum atomic E-state index is 13.0. The molecule has 180 valence electrons. The molecule has 0 radical (unpaired) electrons. The van der Waals surface area contributed by atoms with Crippen LogP contribution in [0.15, 0.2) is 52.2 Å². The Morgan fingerprint density at radius 3 is 2.57 bits per heavy atom. The standard InChI is InChI=1S/C22H22N8O5/c1-4-34-15-8-6-14(7-9-15)19-18(25-29-30(19)21-20(23)27-35-28-21)22(31)26-24-12-13-5-10-16(32-2)17(11-13)33-3/h5-12H,4H2,1-3H3,(H2,23,27)(H,26,31)/b24-12+. The van der Waals surface area contributed by atoms with Crippen molar-refractivity contribution in [2.24, 2.45) is 5.10 Å². The third-order valence-electron chi connectivity index (χ3n) is 4.81. The molecule has 0 saturated carbocycles. The minimum Gasteiger partial charge on any atom is -0.494 e. The van der Waals surface area contributed by atoms with Crippen LogP contribution in [0.3, 0.4) is 0 Å². The number of ether oxygens (including phenoxy) is 3. The highest BCUT2D eigenvalue weighted by Gasteiger charge is 2.25. The van der Waals surface area contributed by atoms with E-state index in [1.165, 1.54) is 18.0 Å². The van der Waals surface area contributed by atoms with Gasteiger partial charge in [-0.05, 0) is 65.3 Å². The Hall–Kier alpha value is -4.94. The van der Waals surface area contributed by atoms with Gasteiger partial charge in [0.05, 0.1) is 27.0 Å². The van der Waals surface area contributed by atoms with Gasteiger partial charge in [-0.1, -0.05) is 5.21 Å². The van der Waals surface area contributed by atoms with Crippen LogP contribution in [0.2, 0.25) is 0 Å². The predicted molar refractivity (Wildman–Crippen MR) is 125 cm³/mol. The van der Waals surface area contributed by atoms with Crippen molar-refractivity contribution in [1.82, 2.24) is 30.7 Å². The van der Waals surface area contributed by atoms with Crippen LogP contribution >= 0.6 is 0 Å². The lowest BCUT2D eigenvalue weighted by Crippen LogP contribution is -2.19. The largest absolute Gasteiger partial charge is 0.494 e. The number of nitrogens with two attached hydrogens (primary N) is 1. The maximum Gasteiger partial charge on any atom is 0.294 e. The summed E-state index contributed by atoms with van der Waals surface area (Å²) in [5.74, 6) is 1.25. The number of amides is 1. The topological polar surface area (TPSA) is 165 Å². The fourth-order valence-corrected chi connectivity index (χ4v) is 3.21. The lowest BCUT2D eigenvalue weighted by atomic mass is 10.1. The number of anilines is 1. The van der Waals surface area contributed by atoms with Gasteiger partial charge in [0, 0.05) is 5.56 Å². The number of hydrazone groups is 1. The molecule has 0 aliphatic rings. The van der Waals surface area contributed by atoms with Crippen LogP contribution in [0.4, 0.5) is 5.82 Å². The average Bonchev–Trinajstić information content (AvgIpc) is 3.50. The normalized spacial score (nSPS) is 10.9. The van der Waals surface area contributed by atoms with Crippen LogP contribution in [-0.2, 0) is 0 Å². The van der Waals surface area contributed by atoms with E-state index in [1.54, 1.807) is 49.6 Å². The van der Waals surface area contributed by atoms with E-state index >= 15 is 0 Å². The third-order valence-corrected chi connectivity index (χ3v) is 4.81. The van der Waals surface area contributed by atoms with Crippen molar-refractivity contribution in [3.63, 3.8) is 0 Å². The number of nitrogens with one attached hydrogen (secondary N) is 1. The maximum absolute atomic E-state index is 13.0. The molecule has 0 spiro atoms. The van der Waals surface area contributed by atoms with Gasteiger partial charge in [0.25, 0.3) is 5.91 Å². The molecule has 0 atom stereocenters. The van der Waals surface area contributed by atoms with Gasteiger partial charge in [0.15, 0.2) is 17.2 Å². The Bertz CT molecular complexity index is 1350. The van der Waals surface area contributed by atoms with E-state index in [0.29, 0.717) is 40.7 Å². The van der Waals surface area contributed by atoms with E-state index in [9.17, 15) is 4.79 Å². The smallest absolute Gasteiger partial charge is 0.294 e. The molecule has 2 aromatic heterocycles. The van der Waals surface area contributed by atoms with Gasteiger partial charge in [0.1, 0.15) is 11.4 Å². The van der Waals surface area contributed by atoms with Crippen molar-refractivity contribution >= 4 is 17.9 Å². The first-order valence-corrected chi connectivity index (χ1v) is 10.4. The summed E-state index contributed by atoms with van der Waals surface area (Å²) in [6.07, 6.45) is 1.46. The summed E-state index contributed by atoms with van der Waals surface area (Å²) in [6, 6.07) is 12.2. The zero-order chi connectivity index (χ0) is 24.8. The minimum atomic E-state index is -0.605. The van der Waals surface area contributed by atoms with Crippen molar-refractivity contribution in [1.29, 1.82) is 0 Å². The van der Waals surface area contributed by atoms with Crippen molar-refractivity contribution < 1.29 is 23.6 Å². The molecule has 35 heavy (non-hydrogen) atoms. The zero-order valence-corrected chi connectivity index (χ0v) is 19.1. The van der Waals surface area contributed by atoms with Crippen LogP contribution in [-0.4, -0.2) is 58.3 Å². The summed E-state index contributed by atoms with van der Waals surface area (Å²) in [5.41, 5.74) is 9.88. The highest BCUT2D eigenvalue weighted by molar-refractivity contribution is 5.98. The molecule has 0 saturated heterocycles. The monoisotopic (exact) mass is 478 g/mol. The van der Waals surface area contributed by atoms with Crippen molar-refractivity contribution in [2.45, 2.75) is 6.92 Å². The highest BCUT2D eigenvalue weighted by Crippen LogP contribution is 2.28. The molecule has 4 aromatic rings. The number of rotatable bonds is 9. The first-order chi connectivity index (χ1) is 17.0. The number of hydrogen-bond donors (Lipinski definition) is 2. The number of carbonyl (C=O) groups excluding carboxylic acids is 1. The van der Waals surface area contributed by atoms with Gasteiger partial charge in [-0.2, -0.15) is 9.78 Å². The molecule has 0 aliphatic carbocycles. The zero-order valence-electron chi connectivity index (χ0n) is 19.1. The summed E-state index contributed by atoms with van der Waals surface area (Å²) < 4.78 is 21.9. The highest BCUT2D eigenvalue weighted by atomic mass is 16.6. The van der Waals surface area contributed by atoms with Gasteiger partial charge in [-0.3, -0.25) is 4.79 Å². The van der Waals surface area contributed by atoms with E-state index in [4.69, 9.17) is 19.9 Å². The Morgan fingerprint density at radius 2 is 1.91 bits per heavy atom. The first kappa shape index (κ1) is 23.2. The molecule has 2 aromatic carbocycles. The first-order valence-electron chi connectivity index (χ1n) is 10.4. The summed E-state index contributed by atoms with van der Waals surface area (Å²) in [4.78, 5) is 13.0. The summed E-state index contributed by atoms with van der Waals surface area (Å²) in [6.45, 7) is 2.41. The van der Waals surface area contributed by atoms with Crippen LogP contribution in [0.1, 0.15) is 23.0 Å². The van der Waals surface area contributed by atoms with E-state index in [1.807, 2.05) is 6.92 Å². The molecule has 0 unspecified atom stereocenters. The lowest BCUT2D eigenvalue weighted by Gasteiger charge is -2.08. The molecule has 0 aliphatic heterocycles. The predicted octanol–water partition coefficient (Wildman–Crippen LogP) is 2.08. The number of hydrogen-bond acceptors (Lipinski definition) is 11. The van der Waals surface area contributed by atoms with Gasteiger partial charge in [-0.15, -0.1) is 5.10 Å². The second-order valence-electron chi connectivity index (χ2n) is 6.94. The molecule has 4 rings (SSSR count). The number of benzene rings is 2. The van der Waals surface area contributed by atoms with Crippen LogP contribution in [0, 0.1) is 0 Å². The van der Waals surface area contributed by atoms with Gasteiger partial charge in [-0.25, -0.2) is 10.1 Å². The number of carbonyl (C=O) groups is 1. The Kier molecular flexibility index (Phi) is 6.86. The van der Waals surface area contributed by atoms with Crippen LogP contribution < -0.4 is 25.4 Å². The van der Waals surface area contributed by atoms with Crippen molar-refractivity contribution in [3.8, 4) is 34.3 Å². The average molecular weight is 478 g/mol. The molecule has 1 amide bonds. The van der Waals surface area contributed by atoms with E-state index in [-0.39, 0.29) is 17.3 Å². The van der Waals surface area contributed by atoms with E-state index in [2.05, 4.69) is 35.8 Å². The number of nitrogens with zero attached hydrogens (tertiary/aromatic N) is 6. The second kappa shape index (κ2) is 10.3. The van der Waals surface area contributed by atoms with Gasteiger partial charge < -0.3 is 19.9 Å². The third kappa shape index (κ3) is 4.88. The number of nitrogen functional groups attached to an aromatic ring is 1. The Morgan fingerprint density at radius 1 is 1.14 bits per heavy atom. The van der Waals surface area contributed by atoms with E-state index < -0.39 is 5.91 Å². The fraction of sp³-hybridized carbons (Fsp3) is 0.182. The molecule has 0 fully saturated rings. The van der Waals surface area contributed by atoms with Gasteiger partial charge >= 0.3 is 0 Å². The second-order valence-corrected chi connectivity index (χ2v) is 6.94. The SMILES string of the molecule is CCOc1ccc(-c2c(C(=O)N/N=C/c3ccc(OC)c(OC)c3)nnn2-c2nonc2N)cc1. The van der Waals surface area contributed by atoms with Crippen molar-refractivity contribution in [3.05, 3.63) is 53.7 Å². The summed E-state index contributed by atoms with van der Waals surface area (Å²) >= 11 is 0. The molecule has 13 heteroatoms. The summed E-state index contributed by atoms with van der Waals surface area (Å²) in [5, 5.41) is 19.4. The van der Waals surface area contributed by atoms with Crippen molar-refractivity contribution in [2.75, 3.05) is 26.6 Å². The van der Waals surface area contributed by atoms with E-state index in [0.717, 1.165) is 0 Å². The number of aromatic nitrogens is 5. The number of methoxy groups -OCH3 is 2. The van der Waals surface area contributed by atoms with Crippen LogP contribution in [0.5, 0.6) is 17.2 Å². The lowest BCUT2D eigenvalue weighted by molar-refractivity contribution is 0.0950. The molecule has 13 nitrogen and oxygen atoms in total. The Labute approximate surface area is 199 Å². The molecule has 2 heterocycles. The molecular weight excluding hydrogens is 456 g/mol. The Balaban J connectivity index is 1.64. The molecule has 3 N–H and O–H groups in total. The minimum absolute atomic E-state index is 0.0129. The molecule has 0 bridgehead atoms. The summed E-state index contributed by atoms with van der Waals surface area (Å²) in [7, 11) is 3.08. The fourth-order valence-electron chi connectivity index (χ4n) is 3.21. The quantitative estimate of drug-likeness (QED) is 0.269. The molecular formula is C22H22N8O5.